The van der Waals surface area contributed by atoms with Crippen molar-refractivity contribution in [3.05, 3.63) is 71.9 Å². The third-order valence-corrected chi connectivity index (χ3v) is 8.41. The quantitative estimate of drug-likeness (QED) is 0.508. The van der Waals surface area contributed by atoms with E-state index in [4.69, 9.17) is 0 Å². The van der Waals surface area contributed by atoms with Gasteiger partial charge in [-0.2, -0.15) is 0 Å². The predicted octanol–water partition coefficient (Wildman–Crippen LogP) is 4.88. The van der Waals surface area contributed by atoms with E-state index in [0.717, 1.165) is 26.2 Å². The fourth-order valence-corrected chi connectivity index (χ4v) is 6.41. The van der Waals surface area contributed by atoms with Crippen LogP contribution in [0.5, 0.6) is 0 Å². The number of fused-ring (bicyclic) bond motifs is 1. The van der Waals surface area contributed by atoms with Gasteiger partial charge in [0.25, 0.3) is 0 Å². The standard InChI is InChI=1S/C30H40N4O/c1-24(27-23-32(2)28-13-7-6-12-26(27)28)22-29(35)31-16-21-33-19-14-30(15-20-33,34-17-8-9-18-34)25-10-4-3-5-11-25/h3-7,10-13,23-24H,8-9,14-22H2,1-2H3,(H,31,35). The Morgan fingerprint density at radius 1 is 0.971 bits per heavy atom. The number of likely N-dealkylation sites (tertiary alicyclic amines) is 2. The van der Waals surface area contributed by atoms with Gasteiger partial charge in [-0.05, 0) is 61.9 Å². The average Bonchev–Trinajstić information content (AvgIpc) is 3.54. The molecule has 2 saturated heterocycles. The van der Waals surface area contributed by atoms with Crippen LogP contribution in [0.1, 0.15) is 56.1 Å². The number of aryl methyl sites for hydroxylation is 1. The fraction of sp³-hybridized carbons (Fsp3) is 0.500. The molecule has 5 rings (SSSR count). The van der Waals surface area contributed by atoms with Crippen LogP contribution in [0.4, 0.5) is 0 Å². The number of nitrogens with one attached hydrogen (secondary N) is 1. The first kappa shape index (κ1) is 24.1. The Labute approximate surface area is 210 Å². The molecule has 1 N–H and O–H groups in total. The van der Waals surface area contributed by atoms with Crippen molar-refractivity contribution in [3.63, 3.8) is 0 Å². The molecule has 0 spiro atoms. The van der Waals surface area contributed by atoms with Crippen LogP contribution in [0.2, 0.25) is 0 Å². The number of rotatable bonds is 8. The van der Waals surface area contributed by atoms with Crippen LogP contribution in [-0.4, -0.2) is 59.5 Å². The number of benzene rings is 2. The van der Waals surface area contributed by atoms with Crippen molar-refractivity contribution in [1.82, 2.24) is 19.7 Å². The van der Waals surface area contributed by atoms with Gasteiger partial charge in [0.1, 0.15) is 0 Å². The summed E-state index contributed by atoms with van der Waals surface area (Å²) in [6.07, 6.45) is 7.69. The van der Waals surface area contributed by atoms with Crippen molar-refractivity contribution in [2.24, 2.45) is 7.05 Å². The van der Waals surface area contributed by atoms with Crippen molar-refractivity contribution < 1.29 is 4.79 Å². The van der Waals surface area contributed by atoms with Gasteiger partial charge in [-0.15, -0.1) is 0 Å². The van der Waals surface area contributed by atoms with Gasteiger partial charge in [0, 0.05) is 62.3 Å². The molecular weight excluding hydrogens is 432 g/mol. The van der Waals surface area contributed by atoms with Gasteiger partial charge in [0.15, 0.2) is 0 Å². The number of piperidine rings is 1. The summed E-state index contributed by atoms with van der Waals surface area (Å²) in [6.45, 7) is 8.44. The molecule has 0 radical (unpaired) electrons. The molecule has 186 valence electrons. The summed E-state index contributed by atoms with van der Waals surface area (Å²) < 4.78 is 2.16. The molecule has 0 bridgehead atoms. The highest BCUT2D eigenvalue weighted by atomic mass is 16.1. The van der Waals surface area contributed by atoms with E-state index in [2.05, 4.69) is 94.4 Å². The number of amides is 1. The second-order valence-electron chi connectivity index (χ2n) is 10.6. The molecule has 0 saturated carbocycles. The minimum atomic E-state index is 0.151. The zero-order valence-electron chi connectivity index (χ0n) is 21.4. The van der Waals surface area contributed by atoms with E-state index in [1.54, 1.807) is 0 Å². The molecule has 5 nitrogen and oxygen atoms in total. The van der Waals surface area contributed by atoms with E-state index in [1.807, 2.05) is 0 Å². The lowest BCUT2D eigenvalue weighted by atomic mass is 9.79. The normalized spacial score (nSPS) is 19.7. The van der Waals surface area contributed by atoms with E-state index < -0.39 is 0 Å². The molecule has 5 heteroatoms. The molecular formula is C30H40N4O. The van der Waals surface area contributed by atoms with Crippen LogP contribution in [0, 0.1) is 0 Å². The lowest BCUT2D eigenvalue weighted by Crippen LogP contribution is -2.53. The zero-order chi connectivity index (χ0) is 24.3. The van der Waals surface area contributed by atoms with Gasteiger partial charge in [-0.1, -0.05) is 55.5 Å². The molecule has 35 heavy (non-hydrogen) atoms. The largest absolute Gasteiger partial charge is 0.355 e. The minimum absolute atomic E-state index is 0.151. The monoisotopic (exact) mass is 472 g/mol. The Morgan fingerprint density at radius 2 is 1.66 bits per heavy atom. The lowest BCUT2D eigenvalue weighted by molar-refractivity contribution is -0.121. The van der Waals surface area contributed by atoms with Gasteiger partial charge < -0.3 is 14.8 Å². The maximum Gasteiger partial charge on any atom is 0.220 e. The summed E-state index contributed by atoms with van der Waals surface area (Å²) in [4.78, 5) is 18.0. The van der Waals surface area contributed by atoms with Crippen molar-refractivity contribution in [3.8, 4) is 0 Å². The van der Waals surface area contributed by atoms with Gasteiger partial charge in [0.05, 0.1) is 0 Å². The van der Waals surface area contributed by atoms with Crippen molar-refractivity contribution in [1.29, 1.82) is 0 Å². The molecule has 3 heterocycles. The Balaban J connectivity index is 1.12. The van der Waals surface area contributed by atoms with Crippen molar-refractivity contribution in [2.45, 2.75) is 50.5 Å². The summed E-state index contributed by atoms with van der Waals surface area (Å²) >= 11 is 0. The summed E-state index contributed by atoms with van der Waals surface area (Å²) in [5.41, 5.74) is 4.15. The first-order valence-electron chi connectivity index (χ1n) is 13.4. The molecule has 2 aliphatic heterocycles. The Morgan fingerprint density at radius 3 is 2.40 bits per heavy atom. The van der Waals surface area contributed by atoms with Crippen molar-refractivity contribution >= 4 is 16.8 Å². The Hall–Kier alpha value is -2.63. The highest BCUT2D eigenvalue weighted by Crippen LogP contribution is 2.40. The second kappa shape index (κ2) is 10.5. The van der Waals surface area contributed by atoms with Crippen molar-refractivity contribution in [2.75, 3.05) is 39.3 Å². The van der Waals surface area contributed by atoms with E-state index in [1.165, 1.54) is 60.8 Å². The SMILES string of the molecule is CC(CC(=O)NCCN1CCC(c2ccccc2)(N2CCCC2)CC1)c1cn(C)c2ccccc12. The minimum Gasteiger partial charge on any atom is -0.355 e. The summed E-state index contributed by atoms with van der Waals surface area (Å²) in [5, 5.41) is 4.45. The highest BCUT2D eigenvalue weighted by molar-refractivity contribution is 5.85. The van der Waals surface area contributed by atoms with Gasteiger partial charge in [0.2, 0.25) is 5.91 Å². The molecule has 1 amide bonds. The van der Waals surface area contributed by atoms with E-state index in [9.17, 15) is 4.79 Å². The van der Waals surface area contributed by atoms with Gasteiger partial charge in [-0.3, -0.25) is 9.69 Å². The van der Waals surface area contributed by atoms with Crippen LogP contribution in [0.15, 0.2) is 60.8 Å². The van der Waals surface area contributed by atoms with E-state index in [0.29, 0.717) is 6.42 Å². The molecule has 2 aliphatic rings. The molecule has 1 unspecified atom stereocenters. The Kier molecular flexibility index (Phi) is 7.26. The Bertz CT molecular complexity index is 1120. The molecule has 1 atom stereocenters. The predicted molar refractivity (Wildman–Crippen MR) is 144 cm³/mol. The van der Waals surface area contributed by atoms with Crippen LogP contribution in [-0.2, 0) is 17.4 Å². The zero-order valence-corrected chi connectivity index (χ0v) is 21.4. The maximum absolute atomic E-state index is 12.7. The number of hydrogen-bond acceptors (Lipinski definition) is 3. The number of aromatic nitrogens is 1. The average molecular weight is 473 g/mol. The summed E-state index contributed by atoms with van der Waals surface area (Å²) in [5.74, 6) is 0.348. The van der Waals surface area contributed by atoms with Crippen LogP contribution < -0.4 is 5.32 Å². The number of para-hydroxylation sites is 1. The van der Waals surface area contributed by atoms with E-state index in [-0.39, 0.29) is 17.4 Å². The number of nitrogens with zero attached hydrogens (tertiary/aromatic N) is 3. The lowest BCUT2D eigenvalue weighted by Gasteiger charge is -2.48. The second-order valence-corrected chi connectivity index (χ2v) is 10.6. The number of hydrogen-bond donors (Lipinski definition) is 1. The van der Waals surface area contributed by atoms with Gasteiger partial charge in [-0.25, -0.2) is 0 Å². The summed E-state index contributed by atoms with van der Waals surface area (Å²) in [6, 6.07) is 19.6. The molecule has 2 fully saturated rings. The first-order chi connectivity index (χ1) is 17.1. The first-order valence-corrected chi connectivity index (χ1v) is 13.4. The third-order valence-electron chi connectivity index (χ3n) is 8.41. The topological polar surface area (TPSA) is 40.5 Å². The molecule has 3 aromatic rings. The van der Waals surface area contributed by atoms with E-state index >= 15 is 0 Å². The highest BCUT2D eigenvalue weighted by Gasteiger charge is 2.41. The smallest absolute Gasteiger partial charge is 0.220 e. The van der Waals surface area contributed by atoms with Crippen LogP contribution >= 0.6 is 0 Å². The molecule has 2 aromatic carbocycles. The molecule has 0 aliphatic carbocycles. The van der Waals surface area contributed by atoms with Gasteiger partial charge >= 0.3 is 0 Å². The number of carbonyl (C=O) groups is 1. The fourth-order valence-electron chi connectivity index (χ4n) is 6.41. The third kappa shape index (κ3) is 5.03. The van der Waals surface area contributed by atoms with Crippen LogP contribution in [0.25, 0.3) is 10.9 Å². The summed E-state index contributed by atoms with van der Waals surface area (Å²) in [7, 11) is 2.08. The maximum atomic E-state index is 12.7. The number of carbonyl (C=O) groups excluding carboxylic acids is 1. The van der Waals surface area contributed by atoms with Crippen LogP contribution in [0.3, 0.4) is 0 Å². The molecule has 1 aromatic heterocycles.